The van der Waals surface area contributed by atoms with E-state index in [1.807, 2.05) is 24.5 Å². The van der Waals surface area contributed by atoms with Crippen molar-refractivity contribution >= 4 is 24.3 Å². The molecule has 2 heterocycles. The number of unbranched alkanes of at least 4 members (excludes halogenated alkanes) is 10. The summed E-state index contributed by atoms with van der Waals surface area (Å²) in [7, 11) is 0. The first-order valence-electron chi connectivity index (χ1n) is 17.5. The molecule has 0 N–H and O–H groups in total. The van der Waals surface area contributed by atoms with Crippen molar-refractivity contribution in [1.82, 2.24) is 9.97 Å². The second-order valence-electron chi connectivity index (χ2n) is 12.0. The van der Waals surface area contributed by atoms with Crippen molar-refractivity contribution in [3.8, 4) is 22.9 Å². The molecule has 0 fully saturated rings. The minimum atomic E-state index is 0.786. The fourth-order valence-electron chi connectivity index (χ4n) is 5.26. The highest BCUT2D eigenvalue weighted by Crippen LogP contribution is 2.21. The Labute approximate surface area is 277 Å². The van der Waals surface area contributed by atoms with Gasteiger partial charge in [0.05, 0.1) is 24.6 Å². The van der Waals surface area contributed by atoms with Crippen molar-refractivity contribution in [3.05, 3.63) is 107 Å². The van der Waals surface area contributed by atoms with Crippen LogP contribution in [0.4, 0.5) is 0 Å². The first-order valence-corrected chi connectivity index (χ1v) is 17.5. The minimum absolute atomic E-state index is 0.786. The fourth-order valence-corrected chi connectivity index (χ4v) is 5.26. The Hall–Kier alpha value is -4.18. The van der Waals surface area contributed by atoms with Crippen LogP contribution in [0.3, 0.4) is 0 Å². The maximum absolute atomic E-state index is 5.93. The van der Waals surface area contributed by atoms with E-state index in [-0.39, 0.29) is 0 Å². The Bertz CT molecular complexity index is 1340. The van der Waals surface area contributed by atoms with Gasteiger partial charge >= 0.3 is 0 Å². The first kappa shape index (κ1) is 34.7. The van der Waals surface area contributed by atoms with E-state index in [9.17, 15) is 0 Å². The topological polar surface area (TPSA) is 44.2 Å². The molecule has 0 spiro atoms. The van der Waals surface area contributed by atoms with Crippen LogP contribution < -0.4 is 9.47 Å². The summed E-state index contributed by atoms with van der Waals surface area (Å²) in [5.74, 6) is 1.86. The third-order valence-corrected chi connectivity index (χ3v) is 8.06. The van der Waals surface area contributed by atoms with Crippen LogP contribution in [0.1, 0.15) is 113 Å². The largest absolute Gasteiger partial charge is 0.494 e. The molecule has 0 aliphatic carbocycles. The van der Waals surface area contributed by atoms with Crippen molar-refractivity contribution in [1.29, 1.82) is 0 Å². The molecule has 46 heavy (non-hydrogen) atoms. The summed E-state index contributed by atoms with van der Waals surface area (Å²) in [5.41, 5.74) is 6.12. The molecule has 0 radical (unpaired) electrons. The summed E-state index contributed by atoms with van der Waals surface area (Å²) in [6, 6.07) is 24.8. The van der Waals surface area contributed by atoms with E-state index in [4.69, 9.17) is 9.47 Å². The Morgan fingerprint density at radius 1 is 0.435 bits per heavy atom. The van der Waals surface area contributed by atoms with Crippen LogP contribution in [0.15, 0.2) is 85.2 Å². The summed E-state index contributed by atoms with van der Waals surface area (Å²) < 4.78 is 11.9. The van der Waals surface area contributed by atoms with Crippen LogP contribution in [0.5, 0.6) is 11.5 Å². The number of hydrogen-bond donors (Lipinski definition) is 0. The molecule has 0 saturated heterocycles. The molecule has 4 rings (SSSR count). The maximum Gasteiger partial charge on any atom is 0.119 e. The van der Waals surface area contributed by atoms with Gasteiger partial charge in [-0.25, -0.2) is 0 Å². The molecule has 0 aliphatic rings. The Morgan fingerprint density at radius 3 is 1.22 bits per heavy atom. The van der Waals surface area contributed by atoms with E-state index in [1.165, 1.54) is 64.2 Å². The lowest BCUT2D eigenvalue weighted by Crippen LogP contribution is -1.97. The van der Waals surface area contributed by atoms with Crippen LogP contribution in [0, 0.1) is 0 Å². The van der Waals surface area contributed by atoms with Crippen LogP contribution in [0.2, 0.25) is 0 Å². The molecule has 0 bridgehead atoms. The zero-order valence-corrected chi connectivity index (χ0v) is 28.0. The molecule has 0 unspecified atom stereocenters. The Kier molecular flexibility index (Phi) is 15.7. The van der Waals surface area contributed by atoms with Crippen molar-refractivity contribution in [3.63, 3.8) is 0 Å². The monoisotopic (exact) mass is 616 g/mol. The standard InChI is InChI=1S/C42H52N2O2/c1-3-5-7-9-11-13-31-45-39-23-19-35(20-24-39)15-17-37-27-29-43-41(33-37)42-34-38(28-30-44-42)18-16-36-21-25-40(26-22-36)46-32-14-12-10-8-6-4-2/h15-30,33-34H,3-14,31-32H2,1-2H3. The highest BCUT2D eigenvalue weighted by atomic mass is 16.5. The van der Waals surface area contributed by atoms with E-state index in [0.29, 0.717) is 0 Å². The second-order valence-corrected chi connectivity index (χ2v) is 12.0. The molecule has 4 aromatic rings. The average Bonchev–Trinajstić information content (AvgIpc) is 3.10. The molecule has 242 valence electrons. The summed E-state index contributed by atoms with van der Waals surface area (Å²) in [6.45, 7) is 6.08. The minimum Gasteiger partial charge on any atom is -0.494 e. The maximum atomic E-state index is 5.93. The van der Waals surface area contributed by atoms with Gasteiger partial charge in [-0.05, 0) is 83.6 Å². The quantitative estimate of drug-likeness (QED) is 0.0874. The van der Waals surface area contributed by atoms with E-state index in [2.05, 4.69) is 109 Å². The lowest BCUT2D eigenvalue weighted by Gasteiger charge is -2.06. The van der Waals surface area contributed by atoms with Crippen LogP contribution in [-0.2, 0) is 0 Å². The molecule has 4 heteroatoms. The molecular formula is C42H52N2O2. The predicted molar refractivity (Wildman–Crippen MR) is 196 cm³/mol. The number of aromatic nitrogens is 2. The number of hydrogen-bond acceptors (Lipinski definition) is 4. The zero-order valence-electron chi connectivity index (χ0n) is 28.0. The van der Waals surface area contributed by atoms with Gasteiger partial charge in [-0.1, -0.05) is 127 Å². The van der Waals surface area contributed by atoms with Crippen LogP contribution in [0.25, 0.3) is 35.7 Å². The van der Waals surface area contributed by atoms with Gasteiger partial charge < -0.3 is 9.47 Å². The predicted octanol–water partition coefficient (Wildman–Crippen LogP) is 12.0. The second kappa shape index (κ2) is 20.8. The van der Waals surface area contributed by atoms with Gasteiger partial charge in [0.2, 0.25) is 0 Å². The van der Waals surface area contributed by atoms with Crippen LogP contribution in [-0.4, -0.2) is 23.2 Å². The Morgan fingerprint density at radius 2 is 0.804 bits per heavy atom. The van der Waals surface area contributed by atoms with Gasteiger partial charge in [-0.2, -0.15) is 0 Å². The zero-order chi connectivity index (χ0) is 32.1. The smallest absolute Gasteiger partial charge is 0.119 e. The lowest BCUT2D eigenvalue weighted by atomic mass is 10.1. The van der Waals surface area contributed by atoms with Gasteiger partial charge in [0.15, 0.2) is 0 Å². The molecule has 2 aromatic heterocycles. The van der Waals surface area contributed by atoms with Gasteiger partial charge in [0, 0.05) is 12.4 Å². The SMILES string of the molecule is CCCCCCCCOc1ccc(C=Cc2ccnc(-c3cc(C=Cc4ccc(OCCCCCCCC)cc4)ccn3)c2)cc1. The van der Waals surface area contributed by atoms with Gasteiger partial charge in [0.1, 0.15) is 11.5 Å². The molecule has 0 aliphatic heterocycles. The number of pyridine rings is 2. The average molecular weight is 617 g/mol. The lowest BCUT2D eigenvalue weighted by molar-refractivity contribution is 0.304. The van der Waals surface area contributed by atoms with Gasteiger partial charge in [-0.3, -0.25) is 9.97 Å². The third kappa shape index (κ3) is 13.0. The normalized spacial score (nSPS) is 11.4. The van der Waals surface area contributed by atoms with Crippen molar-refractivity contribution < 1.29 is 9.47 Å². The summed E-state index contributed by atoms with van der Waals surface area (Å²) in [4.78, 5) is 9.20. The van der Waals surface area contributed by atoms with E-state index < -0.39 is 0 Å². The van der Waals surface area contributed by atoms with Crippen molar-refractivity contribution in [2.45, 2.75) is 90.9 Å². The number of nitrogens with zero attached hydrogens (tertiary/aromatic N) is 2. The first-order chi connectivity index (χ1) is 22.7. The molecule has 2 aromatic carbocycles. The molecule has 0 amide bonds. The van der Waals surface area contributed by atoms with Crippen molar-refractivity contribution in [2.75, 3.05) is 13.2 Å². The molecule has 4 nitrogen and oxygen atoms in total. The fraction of sp³-hybridized carbons (Fsp3) is 0.381. The van der Waals surface area contributed by atoms with E-state index in [0.717, 1.165) is 71.2 Å². The number of benzene rings is 2. The van der Waals surface area contributed by atoms with E-state index in [1.54, 1.807) is 0 Å². The summed E-state index contributed by atoms with van der Waals surface area (Å²) in [6.07, 6.45) is 27.4. The highest BCUT2D eigenvalue weighted by Gasteiger charge is 2.03. The summed E-state index contributed by atoms with van der Waals surface area (Å²) >= 11 is 0. The van der Waals surface area contributed by atoms with Crippen molar-refractivity contribution in [2.24, 2.45) is 0 Å². The molecule has 0 atom stereocenters. The van der Waals surface area contributed by atoms with E-state index >= 15 is 0 Å². The number of ether oxygens (including phenoxy) is 2. The Balaban J connectivity index is 1.25. The highest BCUT2D eigenvalue weighted by molar-refractivity contribution is 5.74. The molecular weight excluding hydrogens is 564 g/mol. The third-order valence-electron chi connectivity index (χ3n) is 8.06. The van der Waals surface area contributed by atoms with Gasteiger partial charge in [0.25, 0.3) is 0 Å². The van der Waals surface area contributed by atoms with Crippen LogP contribution >= 0.6 is 0 Å². The number of rotatable bonds is 21. The molecule has 0 saturated carbocycles. The van der Waals surface area contributed by atoms with Gasteiger partial charge in [-0.15, -0.1) is 0 Å². The summed E-state index contributed by atoms with van der Waals surface area (Å²) in [5, 5.41) is 0.